The smallest absolute Gasteiger partial charge is 0.0268 e. The highest BCUT2D eigenvalue weighted by Gasteiger charge is 2.03. The Morgan fingerprint density at radius 1 is 1.06 bits per heavy atom. The summed E-state index contributed by atoms with van der Waals surface area (Å²) in [5.74, 6) is 0.960. The molecule has 1 aromatic rings. The number of benzene rings is 1. The monoisotopic (exact) mass is 264 g/mol. The van der Waals surface area contributed by atoms with Crippen LogP contribution in [0.3, 0.4) is 0 Å². The van der Waals surface area contributed by atoms with Gasteiger partial charge in [-0.1, -0.05) is 69.7 Å². The first-order valence-corrected chi connectivity index (χ1v) is 8.10. The minimum atomic E-state index is 0.960. The minimum absolute atomic E-state index is 0.960. The van der Waals surface area contributed by atoms with Crippen molar-refractivity contribution in [3.05, 3.63) is 29.3 Å². The van der Waals surface area contributed by atoms with Gasteiger partial charge in [-0.25, -0.2) is 0 Å². The lowest BCUT2D eigenvalue weighted by Crippen LogP contribution is -2.02. The number of hydrogen-bond acceptors (Lipinski definition) is 0. The molecule has 0 aliphatic rings. The molecule has 0 aliphatic heterocycles. The summed E-state index contributed by atoms with van der Waals surface area (Å²) in [4.78, 5) is 0. The molecule has 0 saturated carbocycles. The van der Waals surface area contributed by atoms with E-state index in [1.54, 1.807) is 0 Å². The standard InChI is InChI=1S/C17H29P/c1-4-15(5-2)9-7-6-8-10-16-12-11-14(3)13-17(16)18/h11-13,15H,4-10,18H2,1-3H3. The first kappa shape index (κ1) is 15.7. The third-order valence-electron chi connectivity index (χ3n) is 4.01. The fourth-order valence-corrected chi connectivity index (χ4v) is 3.07. The van der Waals surface area contributed by atoms with Crippen LogP contribution in [0.15, 0.2) is 18.2 Å². The van der Waals surface area contributed by atoms with Crippen LogP contribution in [0.25, 0.3) is 0 Å². The van der Waals surface area contributed by atoms with Gasteiger partial charge in [-0.3, -0.25) is 0 Å². The molecule has 0 amide bonds. The zero-order chi connectivity index (χ0) is 13.4. The molecule has 1 unspecified atom stereocenters. The zero-order valence-corrected chi connectivity index (χ0v) is 13.5. The van der Waals surface area contributed by atoms with E-state index in [0.29, 0.717) is 0 Å². The van der Waals surface area contributed by atoms with Crippen LogP contribution in [0.5, 0.6) is 0 Å². The van der Waals surface area contributed by atoms with Crippen molar-refractivity contribution in [2.75, 3.05) is 0 Å². The van der Waals surface area contributed by atoms with Crippen molar-refractivity contribution < 1.29 is 0 Å². The molecule has 0 aromatic heterocycles. The van der Waals surface area contributed by atoms with Gasteiger partial charge in [-0.05, 0) is 36.6 Å². The fraction of sp³-hybridized carbons (Fsp3) is 0.647. The Balaban J connectivity index is 2.21. The van der Waals surface area contributed by atoms with Gasteiger partial charge >= 0.3 is 0 Å². The van der Waals surface area contributed by atoms with Gasteiger partial charge in [0.2, 0.25) is 0 Å². The van der Waals surface area contributed by atoms with Gasteiger partial charge in [-0.2, -0.15) is 0 Å². The van der Waals surface area contributed by atoms with E-state index < -0.39 is 0 Å². The Labute approximate surface area is 116 Å². The van der Waals surface area contributed by atoms with E-state index in [1.165, 1.54) is 61.4 Å². The van der Waals surface area contributed by atoms with Crippen molar-refractivity contribution in [2.45, 2.75) is 65.7 Å². The maximum Gasteiger partial charge on any atom is -0.0268 e. The van der Waals surface area contributed by atoms with Crippen molar-refractivity contribution in [3.63, 3.8) is 0 Å². The van der Waals surface area contributed by atoms with E-state index in [9.17, 15) is 0 Å². The highest BCUT2D eigenvalue weighted by Crippen LogP contribution is 2.17. The maximum absolute atomic E-state index is 2.87. The Bertz CT molecular complexity index is 339. The van der Waals surface area contributed by atoms with Gasteiger partial charge in [0.15, 0.2) is 0 Å². The Hall–Kier alpha value is -0.350. The Morgan fingerprint density at radius 3 is 2.39 bits per heavy atom. The van der Waals surface area contributed by atoms with Gasteiger partial charge in [0, 0.05) is 0 Å². The maximum atomic E-state index is 2.87. The quantitative estimate of drug-likeness (QED) is 0.456. The van der Waals surface area contributed by atoms with Crippen molar-refractivity contribution in [1.82, 2.24) is 0 Å². The molecule has 0 saturated heterocycles. The lowest BCUT2D eigenvalue weighted by atomic mass is 9.95. The van der Waals surface area contributed by atoms with E-state index in [2.05, 4.69) is 48.2 Å². The summed E-state index contributed by atoms with van der Waals surface area (Å²) in [5.41, 5.74) is 2.87. The van der Waals surface area contributed by atoms with Crippen LogP contribution >= 0.6 is 9.24 Å². The predicted molar refractivity (Wildman–Crippen MR) is 86.8 cm³/mol. The largest absolute Gasteiger partial charge is 0.105 e. The summed E-state index contributed by atoms with van der Waals surface area (Å²) in [6.45, 7) is 6.80. The molecule has 1 atom stereocenters. The lowest BCUT2D eigenvalue weighted by Gasteiger charge is -2.11. The number of hydrogen-bond donors (Lipinski definition) is 0. The van der Waals surface area contributed by atoms with Crippen LogP contribution in [-0.4, -0.2) is 0 Å². The molecule has 0 aliphatic carbocycles. The molecule has 0 N–H and O–H groups in total. The van der Waals surface area contributed by atoms with E-state index in [4.69, 9.17) is 0 Å². The van der Waals surface area contributed by atoms with Gasteiger partial charge in [0.25, 0.3) is 0 Å². The summed E-state index contributed by atoms with van der Waals surface area (Å²) in [6.07, 6.45) is 9.49. The normalized spacial score (nSPS) is 11.2. The summed E-state index contributed by atoms with van der Waals surface area (Å²) in [5, 5.41) is 1.38. The van der Waals surface area contributed by atoms with Crippen LogP contribution in [-0.2, 0) is 6.42 Å². The van der Waals surface area contributed by atoms with E-state index in [-0.39, 0.29) is 0 Å². The molecule has 1 rings (SSSR count). The molecule has 18 heavy (non-hydrogen) atoms. The van der Waals surface area contributed by atoms with Crippen LogP contribution in [0, 0.1) is 12.8 Å². The van der Waals surface area contributed by atoms with Crippen molar-refractivity contribution in [2.24, 2.45) is 5.92 Å². The molecular formula is C17H29P. The SMILES string of the molecule is CCC(CC)CCCCCc1ccc(C)cc1P. The second-order valence-electron chi connectivity index (χ2n) is 5.48. The minimum Gasteiger partial charge on any atom is -0.105 e. The van der Waals surface area contributed by atoms with Crippen LogP contribution in [0.2, 0.25) is 0 Å². The highest BCUT2D eigenvalue weighted by atomic mass is 31.0. The Kier molecular flexibility index (Phi) is 7.59. The van der Waals surface area contributed by atoms with Gasteiger partial charge in [-0.15, -0.1) is 9.24 Å². The molecule has 0 heterocycles. The second kappa shape index (κ2) is 8.70. The molecule has 0 fully saturated rings. The van der Waals surface area contributed by atoms with Gasteiger partial charge < -0.3 is 0 Å². The molecular weight excluding hydrogens is 235 g/mol. The number of rotatable bonds is 8. The number of aryl methyl sites for hydroxylation is 2. The first-order valence-electron chi connectivity index (χ1n) is 7.52. The molecule has 1 aromatic carbocycles. The first-order chi connectivity index (χ1) is 8.67. The molecule has 1 heteroatoms. The zero-order valence-electron chi connectivity index (χ0n) is 12.3. The lowest BCUT2D eigenvalue weighted by molar-refractivity contribution is 0.430. The molecule has 0 spiro atoms. The van der Waals surface area contributed by atoms with Crippen molar-refractivity contribution >= 4 is 14.5 Å². The van der Waals surface area contributed by atoms with E-state index in [0.717, 1.165) is 5.92 Å². The van der Waals surface area contributed by atoms with Gasteiger partial charge in [0.05, 0.1) is 0 Å². The number of unbranched alkanes of at least 4 members (excludes halogenated alkanes) is 2. The predicted octanol–water partition coefficient (Wildman–Crippen LogP) is 5.03. The topological polar surface area (TPSA) is 0 Å². The molecule has 102 valence electrons. The highest BCUT2D eigenvalue weighted by molar-refractivity contribution is 7.27. The molecule has 0 nitrogen and oxygen atoms in total. The van der Waals surface area contributed by atoms with Crippen molar-refractivity contribution in [1.29, 1.82) is 0 Å². The average molecular weight is 264 g/mol. The third kappa shape index (κ3) is 5.53. The van der Waals surface area contributed by atoms with Crippen LogP contribution < -0.4 is 5.30 Å². The van der Waals surface area contributed by atoms with Gasteiger partial charge in [0.1, 0.15) is 0 Å². The molecule has 0 bridgehead atoms. The Morgan fingerprint density at radius 2 is 1.78 bits per heavy atom. The summed E-state index contributed by atoms with van der Waals surface area (Å²) >= 11 is 0. The molecule has 0 radical (unpaired) electrons. The summed E-state index contributed by atoms with van der Waals surface area (Å²) in [7, 11) is 2.87. The van der Waals surface area contributed by atoms with E-state index in [1.807, 2.05) is 0 Å². The third-order valence-corrected chi connectivity index (χ3v) is 4.55. The average Bonchev–Trinajstić information content (AvgIpc) is 2.36. The fourth-order valence-electron chi connectivity index (χ4n) is 2.56. The van der Waals surface area contributed by atoms with E-state index >= 15 is 0 Å². The second-order valence-corrected chi connectivity index (χ2v) is 6.11. The van der Waals surface area contributed by atoms with Crippen molar-refractivity contribution in [3.8, 4) is 0 Å². The summed E-state index contributed by atoms with van der Waals surface area (Å²) < 4.78 is 0. The van der Waals surface area contributed by atoms with Crippen LogP contribution in [0.4, 0.5) is 0 Å². The summed E-state index contributed by atoms with van der Waals surface area (Å²) in [6, 6.07) is 6.79. The van der Waals surface area contributed by atoms with Crippen LogP contribution in [0.1, 0.15) is 63.5 Å².